The Kier molecular flexibility index (Phi) is 8.27. The van der Waals surface area contributed by atoms with Crippen molar-refractivity contribution in [1.82, 2.24) is 10.6 Å². The number of rotatable bonds is 9. The molecular weight excluding hydrogens is 254 g/mol. The second-order valence-corrected chi connectivity index (χ2v) is 4.44. The predicted molar refractivity (Wildman–Crippen MR) is 67.4 cm³/mol. The Balaban J connectivity index is 3.87. The Hall–Kier alpha value is -1.83. The lowest BCUT2D eigenvalue weighted by atomic mass is 10.0. The molecule has 0 rings (SSSR count). The van der Waals surface area contributed by atoms with Crippen molar-refractivity contribution in [3.8, 4) is 0 Å². The van der Waals surface area contributed by atoms with Crippen LogP contribution in [0.4, 0.5) is 4.79 Å². The number of carbonyl (C=O) groups excluding carboxylic acids is 2. The van der Waals surface area contributed by atoms with E-state index in [1.807, 2.05) is 13.8 Å². The van der Waals surface area contributed by atoms with Crippen LogP contribution in [0.2, 0.25) is 0 Å². The zero-order chi connectivity index (χ0) is 14.8. The van der Waals surface area contributed by atoms with Crippen LogP contribution in [0, 0.1) is 5.92 Å². The number of hydrogen-bond acceptors (Lipinski definition) is 4. The Labute approximate surface area is 111 Å². The molecule has 0 aromatic rings. The number of carboxylic acid groups (broad SMARTS) is 1. The number of urea groups is 1. The molecule has 0 aliphatic rings. The first-order valence-corrected chi connectivity index (χ1v) is 5.96. The number of primary amides is 1. The molecule has 0 bridgehead atoms. The molecule has 8 nitrogen and oxygen atoms in total. The molecule has 110 valence electrons. The zero-order valence-electron chi connectivity index (χ0n) is 11.1. The van der Waals surface area contributed by atoms with Crippen LogP contribution in [-0.2, 0) is 14.3 Å². The van der Waals surface area contributed by atoms with E-state index in [-0.39, 0.29) is 25.7 Å². The van der Waals surface area contributed by atoms with E-state index < -0.39 is 23.9 Å². The van der Waals surface area contributed by atoms with Crippen molar-refractivity contribution in [3.05, 3.63) is 0 Å². The molecular formula is C11H21N3O5. The van der Waals surface area contributed by atoms with Crippen molar-refractivity contribution in [1.29, 1.82) is 0 Å². The summed E-state index contributed by atoms with van der Waals surface area (Å²) in [5, 5.41) is 13.7. The van der Waals surface area contributed by atoms with E-state index in [0.29, 0.717) is 6.42 Å². The minimum Gasteiger partial charge on any atom is -0.480 e. The van der Waals surface area contributed by atoms with Gasteiger partial charge in [0.05, 0.1) is 6.61 Å². The third kappa shape index (κ3) is 9.83. The number of carboxylic acids is 1. The quantitative estimate of drug-likeness (QED) is 0.413. The number of ether oxygens (including phenoxy) is 1. The highest BCUT2D eigenvalue weighted by Gasteiger charge is 2.20. The topological polar surface area (TPSA) is 131 Å². The van der Waals surface area contributed by atoms with Crippen LogP contribution in [0.1, 0.15) is 20.3 Å². The number of hydrogen-bond donors (Lipinski definition) is 4. The van der Waals surface area contributed by atoms with Crippen LogP contribution >= 0.6 is 0 Å². The molecule has 5 N–H and O–H groups in total. The van der Waals surface area contributed by atoms with Gasteiger partial charge in [0.15, 0.2) is 0 Å². The summed E-state index contributed by atoms with van der Waals surface area (Å²) >= 11 is 0. The highest BCUT2D eigenvalue weighted by Crippen LogP contribution is 2.04. The average molecular weight is 275 g/mol. The molecule has 0 aromatic heterocycles. The zero-order valence-corrected chi connectivity index (χ0v) is 11.1. The van der Waals surface area contributed by atoms with Crippen LogP contribution in [0.15, 0.2) is 0 Å². The fourth-order valence-electron chi connectivity index (χ4n) is 1.31. The molecule has 0 aliphatic heterocycles. The maximum Gasteiger partial charge on any atom is 0.326 e. The molecule has 1 atom stereocenters. The van der Waals surface area contributed by atoms with E-state index >= 15 is 0 Å². The summed E-state index contributed by atoms with van der Waals surface area (Å²) in [7, 11) is 0. The highest BCUT2D eigenvalue weighted by molar-refractivity contribution is 5.82. The van der Waals surface area contributed by atoms with Crippen LogP contribution < -0.4 is 16.4 Å². The molecule has 1 unspecified atom stereocenters. The van der Waals surface area contributed by atoms with Gasteiger partial charge in [-0.2, -0.15) is 0 Å². The largest absolute Gasteiger partial charge is 0.480 e. The van der Waals surface area contributed by atoms with E-state index in [4.69, 9.17) is 15.6 Å². The van der Waals surface area contributed by atoms with E-state index in [1.54, 1.807) is 0 Å². The summed E-state index contributed by atoms with van der Waals surface area (Å²) < 4.78 is 4.83. The lowest BCUT2D eigenvalue weighted by Gasteiger charge is -2.16. The van der Waals surface area contributed by atoms with Gasteiger partial charge >= 0.3 is 12.0 Å². The summed E-state index contributed by atoms with van der Waals surface area (Å²) in [5.41, 5.74) is 4.85. The average Bonchev–Trinajstić information content (AvgIpc) is 2.26. The SMILES string of the molecule is CC(C)CC(NC(=O)NCCOCC(N)=O)C(=O)O. The maximum atomic E-state index is 11.4. The molecule has 0 heterocycles. The summed E-state index contributed by atoms with van der Waals surface area (Å²) in [6.07, 6.45) is 0.348. The summed E-state index contributed by atoms with van der Waals surface area (Å²) in [6, 6.07) is -1.51. The molecule has 0 radical (unpaired) electrons. The van der Waals surface area contributed by atoms with E-state index in [2.05, 4.69) is 10.6 Å². The second-order valence-electron chi connectivity index (χ2n) is 4.44. The van der Waals surface area contributed by atoms with E-state index in [0.717, 1.165) is 0 Å². The molecule has 19 heavy (non-hydrogen) atoms. The van der Waals surface area contributed by atoms with Gasteiger partial charge in [0, 0.05) is 6.54 Å². The van der Waals surface area contributed by atoms with Gasteiger partial charge in [0.25, 0.3) is 0 Å². The first kappa shape index (κ1) is 17.2. The van der Waals surface area contributed by atoms with E-state index in [1.165, 1.54) is 0 Å². The molecule has 0 saturated heterocycles. The van der Waals surface area contributed by atoms with Crippen molar-refractivity contribution in [2.75, 3.05) is 19.8 Å². The molecule has 0 aliphatic carbocycles. The fourth-order valence-corrected chi connectivity index (χ4v) is 1.31. The van der Waals surface area contributed by atoms with Crippen molar-refractivity contribution >= 4 is 17.9 Å². The summed E-state index contributed by atoms with van der Waals surface area (Å²) in [6.45, 7) is 3.81. The van der Waals surface area contributed by atoms with Crippen LogP contribution in [0.3, 0.4) is 0 Å². The Bertz CT molecular complexity index is 319. The lowest BCUT2D eigenvalue weighted by molar-refractivity contribution is -0.139. The molecule has 0 fully saturated rings. The summed E-state index contributed by atoms with van der Waals surface area (Å²) in [4.78, 5) is 32.7. The minimum absolute atomic E-state index is 0.123. The number of carbonyl (C=O) groups is 3. The number of nitrogens with one attached hydrogen (secondary N) is 2. The minimum atomic E-state index is -1.08. The number of amides is 3. The first-order valence-electron chi connectivity index (χ1n) is 5.96. The molecule has 0 spiro atoms. The highest BCUT2D eigenvalue weighted by atomic mass is 16.5. The Morgan fingerprint density at radius 3 is 2.42 bits per heavy atom. The molecule has 8 heteroatoms. The van der Waals surface area contributed by atoms with E-state index in [9.17, 15) is 14.4 Å². The Morgan fingerprint density at radius 1 is 1.32 bits per heavy atom. The van der Waals surface area contributed by atoms with Crippen LogP contribution in [-0.4, -0.2) is 48.8 Å². The maximum absolute atomic E-state index is 11.4. The van der Waals surface area contributed by atoms with Gasteiger partial charge in [0.2, 0.25) is 5.91 Å². The van der Waals surface area contributed by atoms with Gasteiger partial charge in [-0.25, -0.2) is 9.59 Å². The van der Waals surface area contributed by atoms with Gasteiger partial charge < -0.3 is 26.2 Å². The van der Waals surface area contributed by atoms with Gasteiger partial charge in [0.1, 0.15) is 12.6 Å². The van der Waals surface area contributed by atoms with Crippen molar-refractivity contribution < 1.29 is 24.2 Å². The predicted octanol–water partition coefficient (Wildman–Crippen LogP) is -0.713. The molecule has 0 saturated carbocycles. The second kappa shape index (κ2) is 9.15. The third-order valence-corrected chi connectivity index (χ3v) is 2.09. The smallest absolute Gasteiger partial charge is 0.326 e. The number of nitrogens with two attached hydrogens (primary N) is 1. The third-order valence-electron chi connectivity index (χ3n) is 2.09. The molecule has 0 aromatic carbocycles. The van der Waals surface area contributed by atoms with Crippen LogP contribution in [0.25, 0.3) is 0 Å². The normalized spacial score (nSPS) is 11.9. The van der Waals surface area contributed by atoms with Crippen molar-refractivity contribution in [2.24, 2.45) is 11.7 Å². The first-order chi connectivity index (χ1) is 8.82. The standard InChI is InChI=1S/C11H21N3O5/c1-7(2)5-8(10(16)17)14-11(18)13-3-4-19-6-9(12)15/h7-8H,3-6H2,1-2H3,(H2,12,15)(H,16,17)(H2,13,14,18). The van der Waals surface area contributed by atoms with Crippen molar-refractivity contribution in [3.63, 3.8) is 0 Å². The lowest BCUT2D eigenvalue weighted by Crippen LogP contribution is -2.47. The number of aliphatic carboxylic acids is 1. The van der Waals surface area contributed by atoms with Gasteiger partial charge in [-0.05, 0) is 12.3 Å². The monoisotopic (exact) mass is 275 g/mol. The van der Waals surface area contributed by atoms with Gasteiger partial charge in [-0.3, -0.25) is 4.79 Å². The van der Waals surface area contributed by atoms with Crippen LogP contribution in [0.5, 0.6) is 0 Å². The van der Waals surface area contributed by atoms with Gasteiger partial charge in [-0.15, -0.1) is 0 Å². The van der Waals surface area contributed by atoms with Gasteiger partial charge in [-0.1, -0.05) is 13.8 Å². The molecule has 3 amide bonds. The van der Waals surface area contributed by atoms with Crippen molar-refractivity contribution in [2.45, 2.75) is 26.3 Å². The summed E-state index contributed by atoms with van der Waals surface area (Å²) in [5.74, 6) is -1.51. The Morgan fingerprint density at radius 2 is 1.95 bits per heavy atom. The fraction of sp³-hybridized carbons (Fsp3) is 0.727.